The zero-order valence-corrected chi connectivity index (χ0v) is 14.1. The smallest absolute Gasteiger partial charge is 0.255 e. The molecule has 2 aromatic heterocycles. The maximum Gasteiger partial charge on any atom is 0.255 e. The zero-order valence-electron chi connectivity index (χ0n) is 14.1. The van der Waals surface area contributed by atoms with Gasteiger partial charge in [-0.15, -0.1) is 0 Å². The number of carbonyl (C=O) groups excluding carboxylic acids is 1. The minimum absolute atomic E-state index is 0.152. The van der Waals surface area contributed by atoms with Gasteiger partial charge in [0.25, 0.3) is 5.91 Å². The minimum atomic E-state index is -0.152. The average molecular weight is 344 g/mol. The van der Waals surface area contributed by atoms with E-state index in [4.69, 9.17) is 4.74 Å². The lowest BCUT2D eigenvalue weighted by Crippen LogP contribution is -2.11. The molecule has 0 atom stereocenters. The fourth-order valence-electron chi connectivity index (χ4n) is 2.67. The molecule has 0 bridgehead atoms. The molecule has 0 aliphatic rings. The summed E-state index contributed by atoms with van der Waals surface area (Å²) in [5.41, 5.74) is 2.95. The Hall–Kier alpha value is -3.67. The normalized spacial score (nSPS) is 10.7. The van der Waals surface area contributed by atoms with E-state index in [0.29, 0.717) is 22.9 Å². The molecule has 6 heteroatoms. The Kier molecular flexibility index (Phi) is 4.07. The first kappa shape index (κ1) is 15.8. The third-order valence-corrected chi connectivity index (χ3v) is 3.99. The van der Waals surface area contributed by atoms with Crippen molar-refractivity contribution in [2.75, 3.05) is 5.32 Å². The summed E-state index contributed by atoms with van der Waals surface area (Å²) in [4.78, 5) is 20.6. The number of nitrogens with zero attached hydrogens (tertiary/aromatic N) is 3. The van der Waals surface area contributed by atoms with Gasteiger partial charge in [-0.1, -0.05) is 18.2 Å². The van der Waals surface area contributed by atoms with Crippen LogP contribution in [0.2, 0.25) is 0 Å². The van der Waals surface area contributed by atoms with Gasteiger partial charge in [0.1, 0.15) is 17.6 Å². The second kappa shape index (κ2) is 6.68. The monoisotopic (exact) mass is 344 g/mol. The van der Waals surface area contributed by atoms with Gasteiger partial charge < -0.3 is 14.6 Å². The number of fused-ring (bicyclic) bond motifs is 1. The maximum atomic E-state index is 12.2. The largest absolute Gasteiger partial charge is 0.437 e. The van der Waals surface area contributed by atoms with E-state index in [1.54, 1.807) is 36.4 Å². The number of carbonyl (C=O) groups is 1. The highest BCUT2D eigenvalue weighted by Crippen LogP contribution is 2.27. The van der Waals surface area contributed by atoms with Gasteiger partial charge in [-0.05, 0) is 42.5 Å². The Morgan fingerprint density at radius 3 is 2.54 bits per heavy atom. The fraction of sp³-hybridized carbons (Fsp3) is 0.0500. The Morgan fingerprint density at radius 2 is 1.77 bits per heavy atom. The predicted molar refractivity (Wildman–Crippen MR) is 99.4 cm³/mol. The molecule has 0 spiro atoms. The van der Waals surface area contributed by atoms with Crippen molar-refractivity contribution in [1.29, 1.82) is 0 Å². The van der Waals surface area contributed by atoms with Gasteiger partial charge in [0, 0.05) is 24.5 Å². The van der Waals surface area contributed by atoms with Gasteiger partial charge >= 0.3 is 0 Å². The lowest BCUT2D eigenvalue weighted by Gasteiger charge is -2.09. The third-order valence-electron chi connectivity index (χ3n) is 3.99. The number of aryl methyl sites for hydroxylation is 1. The first-order valence-corrected chi connectivity index (χ1v) is 8.11. The number of amides is 1. The minimum Gasteiger partial charge on any atom is -0.437 e. The van der Waals surface area contributed by atoms with E-state index in [1.165, 1.54) is 6.33 Å². The molecule has 0 unspecified atom stereocenters. The molecule has 2 aromatic carbocycles. The fourth-order valence-corrected chi connectivity index (χ4v) is 2.67. The zero-order chi connectivity index (χ0) is 17.9. The quantitative estimate of drug-likeness (QED) is 0.607. The lowest BCUT2D eigenvalue weighted by molar-refractivity contribution is 0.102. The summed E-state index contributed by atoms with van der Waals surface area (Å²) in [6.45, 7) is 0. The second-order valence-corrected chi connectivity index (χ2v) is 5.79. The van der Waals surface area contributed by atoms with Crippen molar-refractivity contribution in [2.24, 2.45) is 7.05 Å². The summed E-state index contributed by atoms with van der Waals surface area (Å²) in [7, 11) is 1.92. The number of nitrogens with one attached hydrogen (secondary N) is 1. The van der Waals surface area contributed by atoms with Gasteiger partial charge in [0.15, 0.2) is 0 Å². The first-order chi connectivity index (χ1) is 12.7. The van der Waals surface area contributed by atoms with E-state index in [1.807, 2.05) is 42.1 Å². The average Bonchev–Trinajstić information content (AvgIpc) is 3.06. The molecule has 4 aromatic rings. The van der Waals surface area contributed by atoms with E-state index in [0.717, 1.165) is 11.0 Å². The molecule has 128 valence electrons. The van der Waals surface area contributed by atoms with Gasteiger partial charge in [-0.25, -0.2) is 4.98 Å². The van der Waals surface area contributed by atoms with Crippen molar-refractivity contribution in [1.82, 2.24) is 14.5 Å². The molecule has 26 heavy (non-hydrogen) atoms. The number of benzene rings is 2. The summed E-state index contributed by atoms with van der Waals surface area (Å²) < 4.78 is 7.81. The Bertz CT molecular complexity index is 1060. The van der Waals surface area contributed by atoms with Crippen molar-refractivity contribution in [3.8, 4) is 11.6 Å². The topological polar surface area (TPSA) is 69.0 Å². The highest BCUT2D eigenvalue weighted by molar-refractivity contribution is 6.04. The molecular weight excluding hydrogens is 328 g/mol. The number of anilines is 1. The van der Waals surface area contributed by atoms with Crippen LogP contribution in [0.4, 0.5) is 5.69 Å². The van der Waals surface area contributed by atoms with Crippen molar-refractivity contribution in [3.63, 3.8) is 0 Å². The molecule has 0 radical (unpaired) electrons. The van der Waals surface area contributed by atoms with E-state index >= 15 is 0 Å². The highest BCUT2D eigenvalue weighted by Gasteiger charge is 2.10. The van der Waals surface area contributed by atoms with Crippen molar-refractivity contribution < 1.29 is 9.53 Å². The molecule has 1 amide bonds. The van der Waals surface area contributed by atoms with Gasteiger partial charge in [-0.2, -0.15) is 4.98 Å². The molecule has 0 aliphatic heterocycles. The molecule has 1 N–H and O–H groups in total. The SMILES string of the molecule is Cn1ccc2ncnc(Oc3ccc(NC(=O)c4ccccc4)cc3)c21. The third kappa shape index (κ3) is 3.12. The molecule has 0 saturated heterocycles. The Balaban J connectivity index is 1.51. The van der Waals surface area contributed by atoms with Crippen LogP contribution in [0.25, 0.3) is 11.0 Å². The maximum absolute atomic E-state index is 12.2. The highest BCUT2D eigenvalue weighted by atomic mass is 16.5. The van der Waals surface area contributed by atoms with Crippen LogP contribution in [-0.2, 0) is 7.05 Å². The van der Waals surface area contributed by atoms with Crippen LogP contribution < -0.4 is 10.1 Å². The Morgan fingerprint density at radius 1 is 1.00 bits per heavy atom. The molecule has 6 nitrogen and oxygen atoms in total. The summed E-state index contributed by atoms with van der Waals surface area (Å²) in [5, 5.41) is 2.86. The van der Waals surface area contributed by atoms with Crippen molar-refractivity contribution in [3.05, 3.63) is 78.8 Å². The van der Waals surface area contributed by atoms with Gasteiger partial charge in [0.05, 0.1) is 5.52 Å². The summed E-state index contributed by atoms with van der Waals surface area (Å²) in [6, 6.07) is 18.1. The molecule has 0 saturated carbocycles. The van der Waals surface area contributed by atoms with Crippen LogP contribution in [0.3, 0.4) is 0 Å². The molecule has 4 rings (SSSR count). The van der Waals surface area contributed by atoms with Crippen LogP contribution >= 0.6 is 0 Å². The van der Waals surface area contributed by atoms with Crippen LogP contribution in [0, 0.1) is 0 Å². The van der Waals surface area contributed by atoms with Crippen LogP contribution in [0.5, 0.6) is 11.6 Å². The standard InChI is InChI=1S/C20H16N4O2/c1-24-12-11-17-18(24)20(22-13-21-17)26-16-9-7-15(8-10-16)23-19(25)14-5-3-2-4-6-14/h2-13H,1H3,(H,23,25). The number of rotatable bonds is 4. The van der Waals surface area contributed by atoms with Crippen molar-refractivity contribution in [2.45, 2.75) is 0 Å². The first-order valence-electron chi connectivity index (χ1n) is 8.11. The van der Waals surface area contributed by atoms with Crippen LogP contribution in [-0.4, -0.2) is 20.4 Å². The summed E-state index contributed by atoms with van der Waals surface area (Å²) in [5.74, 6) is 0.966. The van der Waals surface area contributed by atoms with E-state index < -0.39 is 0 Å². The number of ether oxygens (including phenoxy) is 1. The number of aromatic nitrogens is 3. The van der Waals surface area contributed by atoms with E-state index in [9.17, 15) is 4.79 Å². The number of hydrogen-bond acceptors (Lipinski definition) is 4. The lowest BCUT2D eigenvalue weighted by atomic mass is 10.2. The van der Waals surface area contributed by atoms with Gasteiger partial charge in [0.2, 0.25) is 5.88 Å². The van der Waals surface area contributed by atoms with Crippen molar-refractivity contribution >= 4 is 22.6 Å². The van der Waals surface area contributed by atoms with E-state index in [-0.39, 0.29) is 5.91 Å². The molecular formula is C20H16N4O2. The second-order valence-electron chi connectivity index (χ2n) is 5.79. The van der Waals surface area contributed by atoms with Crippen LogP contribution in [0.15, 0.2) is 73.2 Å². The summed E-state index contributed by atoms with van der Waals surface area (Å²) in [6.07, 6.45) is 3.39. The molecule has 2 heterocycles. The van der Waals surface area contributed by atoms with E-state index in [2.05, 4.69) is 15.3 Å². The van der Waals surface area contributed by atoms with Crippen LogP contribution in [0.1, 0.15) is 10.4 Å². The molecule has 0 fully saturated rings. The Labute approximate surface area is 150 Å². The molecule has 0 aliphatic carbocycles. The number of hydrogen-bond donors (Lipinski definition) is 1. The predicted octanol–water partition coefficient (Wildman–Crippen LogP) is 4.01. The van der Waals surface area contributed by atoms with Gasteiger partial charge in [-0.3, -0.25) is 4.79 Å². The summed E-state index contributed by atoms with van der Waals surface area (Å²) >= 11 is 0.